The van der Waals surface area contributed by atoms with Crippen LogP contribution in [0.1, 0.15) is 26.7 Å². The molecule has 1 saturated heterocycles. The Bertz CT molecular complexity index is 199. The van der Waals surface area contributed by atoms with E-state index in [9.17, 15) is 4.79 Å². The molecule has 0 aromatic carbocycles. The van der Waals surface area contributed by atoms with Gasteiger partial charge in [0, 0.05) is 17.8 Å². The van der Waals surface area contributed by atoms with Crippen LogP contribution in [0.25, 0.3) is 0 Å². The van der Waals surface area contributed by atoms with Gasteiger partial charge in [-0.25, -0.2) is 4.79 Å². The monoisotopic (exact) mass is 169 g/mol. The van der Waals surface area contributed by atoms with Gasteiger partial charge in [-0.05, 0) is 26.7 Å². The second kappa shape index (κ2) is 4.14. The van der Waals surface area contributed by atoms with Crippen molar-refractivity contribution in [2.24, 2.45) is 0 Å². The first-order chi connectivity index (χ1) is 5.72. The minimum atomic E-state index is -0.242. The van der Waals surface area contributed by atoms with E-state index >= 15 is 0 Å². The summed E-state index contributed by atoms with van der Waals surface area (Å²) in [4.78, 5) is 11.0. The number of carbonyl (C=O) groups excluding carboxylic acids is 1. The van der Waals surface area contributed by atoms with Crippen LogP contribution in [0.5, 0.6) is 0 Å². The highest BCUT2D eigenvalue weighted by molar-refractivity contribution is 5.82. The van der Waals surface area contributed by atoms with E-state index in [1.54, 1.807) is 13.0 Å². The predicted molar refractivity (Wildman–Crippen MR) is 46.5 cm³/mol. The van der Waals surface area contributed by atoms with Crippen molar-refractivity contribution in [2.45, 2.75) is 32.7 Å². The summed E-state index contributed by atoms with van der Waals surface area (Å²) in [6, 6.07) is 0.491. The smallest absolute Gasteiger partial charge is 0.332 e. The molecule has 1 atom stereocenters. The Balaban J connectivity index is 2.41. The second-order valence-corrected chi connectivity index (χ2v) is 3.01. The van der Waals surface area contributed by atoms with Gasteiger partial charge >= 0.3 is 5.97 Å². The van der Waals surface area contributed by atoms with Crippen molar-refractivity contribution < 1.29 is 9.53 Å². The van der Waals surface area contributed by atoms with Crippen molar-refractivity contribution in [3.05, 3.63) is 11.8 Å². The maximum absolute atomic E-state index is 11.0. The van der Waals surface area contributed by atoms with Gasteiger partial charge in [-0.3, -0.25) is 0 Å². The first kappa shape index (κ1) is 9.10. The van der Waals surface area contributed by atoms with Gasteiger partial charge in [0.1, 0.15) is 0 Å². The van der Waals surface area contributed by atoms with Crippen LogP contribution in [-0.2, 0) is 9.53 Å². The Hall–Kier alpha value is -0.990. The Morgan fingerprint density at radius 3 is 3.08 bits per heavy atom. The van der Waals surface area contributed by atoms with E-state index in [0.29, 0.717) is 12.6 Å². The summed E-state index contributed by atoms with van der Waals surface area (Å²) in [5.74, 6) is -0.242. The third-order valence-electron chi connectivity index (χ3n) is 1.86. The molecule has 0 saturated carbocycles. The molecular weight excluding hydrogens is 154 g/mol. The summed E-state index contributed by atoms with van der Waals surface area (Å²) >= 11 is 0. The van der Waals surface area contributed by atoms with Gasteiger partial charge < -0.3 is 10.1 Å². The molecule has 12 heavy (non-hydrogen) atoms. The van der Waals surface area contributed by atoms with Crippen molar-refractivity contribution in [3.8, 4) is 0 Å². The maximum atomic E-state index is 11.0. The summed E-state index contributed by atoms with van der Waals surface area (Å²) in [5.41, 5.74) is 1.00. The van der Waals surface area contributed by atoms with Gasteiger partial charge in [0.15, 0.2) is 0 Å². The predicted octanol–water partition coefficient (Wildman–Crippen LogP) is 1.21. The van der Waals surface area contributed by atoms with E-state index in [1.165, 1.54) is 0 Å². The van der Waals surface area contributed by atoms with Crippen LogP contribution in [0.15, 0.2) is 11.8 Å². The second-order valence-electron chi connectivity index (χ2n) is 3.01. The number of esters is 1. The number of carbonyl (C=O) groups is 1. The lowest BCUT2D eigenvalue weighted by atomic mass is 10.2. The molecule has 1 aliphatic heterocycles. The molecule has 0 aromatic heterocycles. The van der Waals surface area contributed by atoms with E-state index in [2.05, 4.69) is 12.2 Å². The highest BCUT2D eigenvalue weighted by Crippen LogP contribution is 2.14. The molecule has 0 aromatic rings. The summed E-state index contributed by atoms with van der Waals surface area (Å²) in [6.07, 6.45) is 3.61. The molecular formula is C9H15NO2. The van der Waals surface area contributed by atoms with Crippen LogP contribution >= 0.6 is 0 Å². The average Bonchev–Trinajstić information content (AvgIpc) is 2.36. The molecule has 3 heteroatoms. The molecule has 1 aliphatic rings. The standard InChI is InChI=1S/C9H15NO2/c1-3-12-9(11)6-8-5-4-7(2)10-8/h6-7,10H,3-5H2,1-2H3/b8-6-/t7-/m1/s1. The summed E-state index contributed by atoms with van der Waals surface area (Å²) in [6.45, 7) is 4.35. The molecule has 0 aliphatic carbocycles. The van der Waals surface area contributed by atoms with Gasteiger partial charge in [0.05, 0.1) is 6.61 Å². The number of rotatable bonds is 2. The number of nitrogens with one attached hydrogen (secondary N) is 1. The van der Waals surface area contributed by atoms with Crippen molar-refractivity contribution in [1.29, 1.82) is 0 Å². The molecule has 1 rings (SSSR count). The maximum Gasteiger partial charge on any atom is 0.332 e. The van der Waals surface area contributed by atoms with E-state index in [1.807, 2.05) is 0 Å². The molecule has 0 spiro atoms. The number of allylic oxidation sites excluding steroid dienone is 1. The number of ether oxygens (including phenoxy) is 1. The van der Waals surface area contributed by atoms with Gasteiger partial charge in [-0.1, -0.05) is 0 Å². The van der Waals surface area contributed by atoms with E-state index in [0.717, 1.165) is 18.5 Å². The van der Waals surface area contributed by atoms with Crippen molar-refractivity contribution in [3.63, 3.8) is 0 Å². The third kappa shape index (κ3) is 2.57. The fourth-order valence-corrected chi connectivity index (χ4v) is 1.27. The molecule has 68 valence electrons. The summed E-state index contributed by atoms with van der Waals surface area (Å²) in [5, 5.41) is 3.20. The van der Waals surface area contributed by atoms with Crippen LogP contribution in [-0.4, -0.2) is 18.6 Å². The molecule has 0 amide bonds. The first-order valence-corrected chi connectivity index (χ1v) is 4.36. The molecule has 3 nitrogen and oxygen atoms in total. The fraction of sp³-hybridized carbons (Fsp3) is 0.667. The third-order valence-corrected chi connectivity index (χ3v) is 1.86. The Labute approximate surface area is 72.8 Å². The fourth-order valence-electron chi connectivity index (χ4n) is 1.27. The Morgan fingerprint density at radius 1 is 1.83 bits per heavy atom. The van der Waals surface area contributed by atoms with Crippen LogP contribution in [0.3, 0.4) is 0 Å². The Morgan fingerprint density at radius 2 is 2.58 bits per heavy atom. The van der Waals surface area contributed by atoms with E-state index in [4.69, 9.17) is 4.74 Å². The highest BCUT2D eigenvalue weighted by Gasteiger charge is 2.14. The normalized spacial score (nSPS) is 25.5. The van der Waals surface area contributed by atoms with Crippen molar-refractivity contribution in [1.82, 2.24) is 5.32 Å². The molecule has 1 N–H and O–H groups in total. The zero-order chi connectivity index (χ0) is 8.97. The average molecular weight is 169 g/mol. The molecule has 1 fully saturated rings. The zero-order valence-corrected chi connectivity index (χ0v) is 7.59. The van der Waals surface area contributed by atoms with Gasteiger partial charge in [-0.15, -0.1) is 0 Å². The minimum Gasteiger partial charge on any atom is -0.463 e. The van der Waals surface area contributed by atoms with Crippen LogP contribution < -0.4 is 5.32 Å². The SMILES string of the molecule is CCOC(=O)/C=C1/CC[C@@H](C)N1. The topological polar surface area (TPSA) is 38.3 Å². The summed E-state index contributed by atoms with van der Waals surface area (Å²) < 4.78 is 4.78. The lowest BCUT2D eigenvalue weighted by Gasteiger charge is -2.02. The van der Waals surface area contributed by atoms with Crippen molar-refractivity contribution in [2.75, 3.05) is 6.61 Å². The Kier molecular flexibility index (Phi) is 3.14. The van der Waals surface area contributed by atoms with Crippen LogP contribution in [0, 0.1) is 0 Å². The highest BCUT2D eigenvalue weighted by atomic mass is 16.5. The van der Waals surface area contributed by atoms with Gasteiger partial charge in [0.2, 0.25) is 0 Å². The largest absolute Gasteiger partial charge is 0.463 e. The molecule has 0 unspecified atom stereocenters. The lowest BCUT2D eigenvalue weighted by Crippen LogP contribution is -2.16. The van der Waals surface area contributed by atoms with E-state index < -0.39 is 0 Å². The van der Waals surface area contributed by atoms with Crippen LogP contribution in [0.4, 0.5) is 0 Å². The lowest BCUT2D eigenvalue weighted by molar-refractivity contribution is -0.137. The zero-order valence-electron chi connectivity index (χ0n) is 7.59. The van der Waals surface area contributed by atoms with Gasteiger partial charge in [0.25, 0.3) is 0 Å². The molecule has 0 radical (unpaired) electrons. The number of hydrogen-bond donors (Lipinski definition) is 1. The van der Waals surface area contributed by atoms with Crippen molar-refractivity contribution >= 4 is 5.97 Å². The van der Waals surface area contributed by atoms with E-state index in [-0.39, 0.29) is 5.97 Å². The first-order valence-electron chi connectivity index (χ1n) is 4.36. The minimum absolute atomic E-state index is 0.242. The number of hydrogen-bond acceptors (Lipinski definition) is 3. The van der Waals surface area contributed by atoms with Crippen LogP contribution in [0.2, 0.25) is 0 Å². The quantitative estimate of drug-likeness (QED) is 0.498. The van der Waals surface area contributed by atoms with Gasteiger partial charge in [-0.2, -0.15) is 0 Å². The molecule has 1 heterocycles. The molecule has 0 bridgehead atoms. The summed E-state index contributed by atoms with van der Waals surface area (Å²) in [7, 11) is 0.